The number of aromatic amines is 2. The summed E-state index contributed by atoms with van der Waals surface area (Å²) >= 11 is 1.42. The van der Waals surface area contributed by atoms with Crippen molar-refractivity contribution in [3.63, 3.8) is 0 Å². The molecule has 0 unspecified atom stereocenters. The molecule has 5 aromatic rings. The van der Waals surface area contributed by atoms with Crippen molar-refractivity contribution >= 4 is 28.4 Å². The smallest absolute Gasteiger partial charge is 0.341 e. The predicted molar refractivity (Wildman–Crippen MR) is 105 cm³/mol. The molecule has 7 nitrogen and oxygen atoms in total. The van der Waals surface area contributed by atoms with E-state index in [1.54, 1.807) is 0 Å². The Bertz CT molecular complexity index is 1270. The molecular weight excluding hydrogens is 360 g/mol. The molecule has 27 heavy (non-hydrogen) atoms. The molecule has 132 valence electrons. The molecule has 8 heteroatoms. The number of nitrogens with zero attached hydrogens (tertiary/aromatic N) is 4. The van der Waals surface area contributed by atoms with Crippen LogP contribution in [0.3, 0.4) is 0 Å². The Morgan fingerprint density at radius 1 is 0.963 bits per heavy atom. The number of aromatic nitrogens is 6. The zero-order chi connectivity index (χ0) is 18.2. The molecule has 0 fully saturated rings. The normalized spacial score (nSPS) is 11.4. The van der Waals surface area contributed by atoms with Crippen molar-refractivity contribution in [2.24, 2.45) is 0 Å². The maximum atomic E-state index is 12.4. The summed E-state index contributed by atoms with van der Waals surface area (Å²) in [6.45, 7) is 0. The van der Waals surface area contributed by atoms with Gasteiger partial charge >= 0.3 is 5.69 Å². The lowest BCUT2D eigenvalue weighted by atomic mass is 10.2. The van der Waals surface area contributed by atoms with Crippen molar-refractivity contribution in [2.75, 3.05) is 0 Å². The van der Waals surface area contributed by atoms with Crippen molar-refractivity contribution in [2.45, 2.75) is 10.9 Å². The number of imidazole rings is 1. The Labute approximate surface area is 157 Å². The van der Waals surface area contributed by atoms with Gasteiger partial charge < -0.3 is 4.98 Å². The number of fused-ring (bicyclic) bond motifs is 2. The quantitative estimate of drug-likeness (QED) is 0.471. The first-order chi connectivity index (χ1) is 13.3. The Kier molecular flexibility index (Phi) is 3.75. The third-order valence-electron chi connectivity index (χ3n) is 4.17. The largest absolute Gasteiger partial charge is 0.350 e. The van der Waals surface area contributed by atoms with Gasteiger partial charge in [0.05, 0.1) is 22.5 Å². The van der Waals surface area contributed by atoms with Crippen molar-refractivity contribution in [3.05, 3.63) is 77.0 Å². The van der Waals surface area contributed by atoms with Crippen LogP contribution in [0, 0.1) is 0 Å². The second kappa shape index (κ2) is 6.40. The maximum absolute atomic E-state index is 12.4. The van der Waals surface area contributed by atoms with E-state index in [0.717, 1.165) is 22.4 Å². The molecule has 0 saturated heterocycles. The molecule has 0 spiro atoms. The van der Waals surface area contributed by atoms with Crippen LogP contribution in [0.1, 0.15) is 5.82 Å². The van der Waals surface area contributed by atoms with Gasteiger partial charge in [0.15, 0.2) is 10.8 Å². The molecule has 0 aliphatic rings. The van der Waals surface area contributed by atoms with E-state index in [1.807, 2.05) is 60.7 Å². The highest BCUT2D eigenvalue weighted by Gasteiger charge is 2.10. The van der Waals surface area contributed by atoms with Gasteiger partial charge in [0.25, 0.3) is 0 Å². The minimum atomic E-state index is -0.311. The minimum absolute atomic E-state index is 0.311. The first kappa shape index (κ1) is 15.8. The van der Waals surface area contributed by atoms with Crippen molar-refractivity contribution in [1.82, 2.24) is 29.5 Å². The molecule has 2 N–H and O–H groups in total. The van der Waals surface area contributed by atoms with Crippen LogP contribution in [0.5, 0.6) is 0 Å². The van der Waals surface area contributed by atoms with E-state index in [0.29, 0.717) is 22.3 Å². The molecule has 5 rings (SSSR count). The van der Waals surface area contributed by atoms with Crippen LogP contribution in [0.2, 0.25) is 0 Å². The molecule has 0 aliphatic heterocycles. The molecule has 3 heterocycles. The van der Waals surface area contributed by atoms with Gasteiger partial charge in [-0.3, -0.25) is 4.98 Å². The van der Waals surface area contributed by atoms with Crippen LogP contribution >= 0.6 is 11.8 Å². The number of nitrogens with one attached hydrogen (secondary N) is 2. The fourth-order valence-corrected chi connectivity index (χ4v) is 3.63. The zero-order valence-corrected chi connectivity index (χ0v) is 14.9. The van der Waals surface area contributed by atoms with Gasteiger partial charge in [-0.1, -0.05) is 54.2 Å². The lowest BCUT2D eigenvalue weighted by Gasteiger charge is -1.99. The minimum Gasteiger partial charge on any atom is -0.341 e. The van der Waals surface area contributed by atoms with E-state index in [9.17, 15) is 4.79 Å². The highest BCUT2D eigenvalue weighted by molar-refractivity contribution is 7.98. The second-order valence-electron chi connectivity index (χ2n) is 6.00. The summed E-state index contributed by atoms with van der Waals surface area (Å²) in [5.41, 5.74) is 3.78. The maximum Gasteiger partial charge on any atom is 0.350 e. The molecule has 2 aromatic carbocycles. The summed E-state index contributed by atoms with van der Waals surface area (Å²) in [7, 11) is 0. The van der Waals surface area contributed by atoms with Crippen LogP contribution in [0.4, 0.5) is 0 Å². The first-order valence-electron chi connectivity index (χ1n) is 8.38. The Morgan fingerprint density at radius 3 is 2.63 bits per heavy atom. The number of rotatable bonds is 4. The average Bonchev–Trinajstić information content (AvgIpc) is 3.31. The lowest BCUT2D eigenvalue weighted by molar-refractivity contribution is 0.788. The number of benzene rings is 2. The van der Waals surface area contributed by atoms with E-state index >= 15 is 0 Å². The molecule has 0 radical (unpaired) electrons. The number of para-hydroxylation sites is 2. The van der Waals surface area contributed by atoms with Gasteiger partial charge in [-0.05, 0) is 12.1 Å². The molecule has 0 bridgehead atoms. The van der Waals surface area contributed by atoms with E-state index in [2.05, 4.69) is 25.0 Å². The van der Waals surface area contributed by atoms with Gasteiger partial charge in [-0.25, -0.2) is 14.8 Å². The van der Waals surface area contributed by atoms with Gasteiger partial charge in [-0.2, -0.15) is 9.61 Å². The Morgan fingerprint density at radius 2 is 1.78 bits per heavy atom. The fourth-order valence-electron chi connectivity index (χ4n) is 2.91. The predicted octanol–water partition coefficient (Wildman–Crippen LogP) is 3.25. The summed E-state index contributed by atoms with van der Waals surface area (Å²) in [6, 6.07) is 19.4. The topological polar surface area (TPSA) is 91.7 Å². The summed E-state index contributed by atoms with van der Waals surface area (Å²) in [5.74, 6) is 1.41. The van der Waals surface area contributed by atoms with Crippen LogP contribution in [-0.4, -0.2) is 29.5 Å². The van der Waals surface area contributed by atoms with Crippen molar-refractivity contribution < 1.29 is 0 Å². The number of hydrogen-bond acceptors (Lipinski definition) is 5. The van der Waals surface area contributed by atoms with Gasteiger partial charge in [0, 0.05) is 11.6 Å². The SMILES string of the molecule is O=c1[nH]c(SCc2nc3ccccc3[nH]2)nc2cc(-c3ccccc3)nn12. The van der Waals surface area contributed by atoms with E-state index < -0.39 is 0 Å². The standard InChI is InChI=1S/C19H14N6OS/c26-19-23-18(27-11-16-20-13-8-4-5-9-14(13)21-16)22-17-10-15(24-25(17)19)12-6-2-1-3-7-12/h1-10H,11H2,(H,20,21)(H,22,23,26). The van der Waals surface area contributed by atoms with Crippen LogP contribution in [-0.2, 0) is 5.75 Å². The van der Waals surface area contributed by atoms with Gasteiger partial charge in [0.1, 0.15) is 5.82 Å². The fraction of sp³-hybridized carbons (Fsp3) is 0.0526. The monoisotopic (exact) mass is 374 g/mol. The third-order valence-corrected chi connectivity index (χ3v) is 5.05. The Hall–Kier alpha value is -3.39. The van der Waals surface area contributed by atoms with Gasteiger partial charge in [0.2, 0.25) is 0 Å². The van der Waals surface area contributed by atoms with Crippen LogP contribution in [0.15, 0.2) is 70.6 Å². The van der Waals surface area contributed by atoms with E-state index in [-0.39, 0.29) is 5.69 Å². The summed E-state index contributed by atoms with van der Waals surface area (Å²) in [6.07, 6.45) is 0. The summed E-state index contributed by atoms with van der Waals surface area (Å²) < 4.78 is 1.29. The molecule has 0 atom stereocenters. The second-order valence-corrected chi connectivity index (χ2v) is 6.97. The highest BCUT2D eigenvalue weighted by Crippen LogP contribution is 2.21. The van der Waals surface area contributed by atoms with Crippen LogP contribution < -0.4 is 5.69 Å². The van der Waals surface area contributed by atoms with E-state index in [1.165, 1.54) is 16.3 Å². The van der Waals surface area contributed by atoms with Gasteiger partial charge in [-0.15, -0.1) is 0 Å². The highest BCUT2D eigenvalue weighted by atomic mass is 32.2. The number of hydrogen-bond donors (Lipinski definition) is 2. The average molecular weight is 374 g/mol. The Balaban J connectivity index is 1.44. The van der Waals surface area contributed by atoms with Crippen molar-refractivity contribution in [3.8, 4) is 11.3 Å². The summed E-state index contributed by atoms with van der Waals surface area (Å²) in [5, 5.41) is 4.89. The van der Waals surface area contributed by atoms with E-state index in [4.69, 9.17) is 0 Å². The third kappa shape index (κ3) is 3.00. The number of thioether (sulfide) groups is 1. The molecular formula is C19H14N6OS. The first-order valence-corrected chi connectivity index (χ1v) is 9.37. The molecule has 3 aromatic heterocycles. The summed E-state index contributed by atoms with van der Waals surface area (Å²) in [4.78, 5) is 27.5. The lowest BCUT2D eigenvalue weighted by Crippen LogP contribution is -2.19. The zero-order valence-electron chi connectivity index (χ0n) is 14.1. The molecule has 0 aliphatic carbocycles. The van der Waals surface area contributed by atoms with Crippen LogP contribution in [0.25, 0.3) is 27.9 Å². The molecule has 0 saturated carbocycles. The molecule has 0 amide bonds. The number of H-pyrrole nitrogens is 2. The van der Waals surface area contributed by atoms with Crippen molar-refractivity contribution in [1.29, 1.82) is 0 Å².